The molecule has 0 aliphatic carbocycles. The fourth-order valence-electron chi connectivity index (χ4n) is 2.58. The van der Waals surface area contributed by atoms with E-state index < -0.39 is 12.0 Å². The maximum absolute atomic E-state index is 11.7. The van der Waals surface area contributed by atoms with Crippen LogP contribution in [0.2, 0.25) is 0 Å². The first-order valence-corrected chi connectivity index (χ1v) is 9.98. The molecular formula is C20H38N2O3. The van der Waals surface area contributed by atoms with E-state index in [-0.39, 0.29) is 5.91 Å². The number of carbonyl (C=O) groups is 2. The zero-order chi connectivity index (χ0) is 18.8. The van der Waals surface area contributed by atoms with Crippen LogP contribution in [0.15, 0.2) is 12.2 Å². The lowest BCUT2D eigenvalue weighted by Gasteiger charge is -2.07. The predicted octanol–water partition coefficient (Wildman–Crippen LogP) is 4.16. The second-order valence-electron chi connectivity index (χ2n) is 6.71. The zero-order valence-electron chi connectivity index (χ0n) is 16.0. The van der Waals surface area contributed by atoms with Crippen molar-refractivity contribution in [1.82, 2.24) is 5.32 Å². The number of carboxylic acids is 1. The number of carboxylic acid groups (broad SMARTS) is 1. The average molecular weight is 355 g/mol. The van der Waals surface area contributed by atoms with Gasteiger partial charge in [-0.1, -0.05) is 44.8 Å². The second-order valence-corrected chi connectivity index (χ2v) is 6.71. The molecule has 0 saturated carbocycles. The molecule has 0 fully saturated rings. The predicted molar refractivity (Wildman–Crippen MR) is 103 cm³/mol. The highest BCUT2D eigenvalue weighted by molar-refractivity contribution is 5.75. The van der Waals surface area contributed by atoms with E-state index in [0.717, 1.165) is 32.1 Å². The van der Waals surface area contributed by atoms with Gasteiger partial charge in [-0.3, -0.25) is 9.59 Å². The highest BCUT2D eigenvalue weighted by Crippen LogP contribution is 2.07. The second kappa shape index (κ2) is 17.5. The molecule has 0 aromatic heterocycles. The molecule has 0 radical (unpaired) electrons. The molecular weight excluding hydrogens is 316 g/mol. The van der Waals surface area contributed by atoms with Crippen LogP contribution in [0.3, 0.4) is 0 Å². The van der Waals surface area contributed by atoms with Crippen molar-refractivity contribution in [3.8, 4) is 0 Å². The highest BCUT2D eigenvalue weighted by Gasteiger charge is 2.10. The van der Waals surface area contributed by atoms with Crippen LogP contribution in [0.25, 0.3) is 0 Å². The Bertz CT molecular complexity index is 370. The maximum atomic E-state index is 11.7. The summed E-state index contributed by atoms with van der Waals surface area (Å²) in [5.41, 5.74) is 5.42. The van der Waals surface area contributed by atoms with E-state index in [1.54, 1.807) is 0 Å². The lowest BCUT2D eigenvalue weighted by Crippen LogP contribution is -2.30. The third kappa shape index (κ3) is 17.3. The molecule has 0 heterocycles. The van der Waals surface area contributed by atoms with Crippen LogP contribution < -0.4 is 11.1 Å². The topological polar surface area (TPSA) is 92.4 Å². The van der Waals surface area contributed by atoms with Crippen molar-refractivity contribution < 1.29 is 14.7 Å². The van der Waals surface area contributed by atoms with Gasteiger partial charge in [0.1, 0.15) is 6.04 Å². The minimum Gasteiger partial charge on any atom is -0.480 e. The Labute approximate surface area is 153 Å². The van der Waals surface area contributed by atoms with Crippen LogP contribution >= 0.6 is 0 Å². The fourth-order valence-corrected chi connectivity index (χ4v) is 2.58. The van der Waals surface area contributed by atoms with Crippen molar-refractivity contribution in [2.45, 2.75) is 96.4 Å². The molecule has 0 aliphatic heterocycles. The molecule has 5 heteroatoms. The molecule has 1 atom stereocenters. The Morgan fingerprint density at radius 3 is 2.24 bits per heavy atom. The van der Waals surface area contributed by atoms with Gasteiger partial charge in [-0.05, 0) is 51.4 Å². The van der Waals surface area contributed by atoms with E-state index in [0.29, 0.717) is 19.4 Å². The molecule has 0 unspecified atom stereocenters. The van der Waals surface area contributed by atoms with Crippen LogP contribution in [0.5, 0.6) is 0 Å². The molecule has 0 aromatic carbocycles. The highest BCUT2D eigenvalue weighted by atomic mass is 16.4. The van der Waals surface area contributed by atoms with Crippen molar-refractivity contribution in [3.05, 3.63) is 12.2 Å². The molecule has 0 bridgehead atoms. The standard InChI is InChI=1S/C20H38N2O3/c1-2-3-4-5-6-7-8-9-10-11-12-16-19(23)22-17-14-13-15-18(21)20(24)25/h6-7,18H,2-5,8-17,21H2,1H3,(H,22,23)(H,24,25)/b7-6+/t18-/m0/s1. The first-order valence-electron chi connectivity index (χ1n) is 9.98. The van der Waals surface area contributed by atoms with Gasteiger partial charge in [0.15, 0.2) is 0 Å². The van der Waals surface area contributed by atoms with Gasteiger partial charge >= 0.3 is 5.97 Å². The summed E-state index contributed by atoms with van der Waals surface area (Å²) in [5.74, 6) is -0.866. The number of allylic oxidation sites excluding steroid dienone is 2. The Hall–Kier alpha value is -1.36. The first-order chi connectivity index (χ1) is 12.1. The van der Waals surface area contributed by atoms with Crippen molar-refractivity contribution >= 4 is 11.9 Å². The summed E-state index contributed by atoms with van der Waals surface area (Å²) in [7, 11) is 0. The Kier molecular flexibility index (Phi) is 16.5. The summed E-state index contributed by atoms with van der Waals surface area (Å²) >= 11 is 0. The fraction of sp³-hybridized carbons (Fsp3) is 0.800. The van der Waals surface area contributed by atoms with Gasteiger partial charge in [-0.15, -0.1) is 0 Å². The van der Waals surface area contributed by atoms with Crippen LogP contribution in [0.1, 0.15) is 90.4 Å². The summed E-state index contributed by atoms with van der Waals surface area (Å²) in [6, 6.07) is -0.790. The number of amides is 1. The largest absolute Gasteiger partial charge is 0.480 e. The number of aliphatic carboxylic acids is 1. The molecule has 25 heavy (non-hydrogen) atoms. The Balaban J connectivity index is 3.32. The van der Waals surface area contributed by atoms with E-state index in [9.17, 15) is 9.59 Å². The number of rotatable bonds is 17. The van der Waals surface area contributed by atoms with Crippen molar-refractivity contribution in [2.24, 2.45) is 5.73 Å². The number of nitrogens with one attached hydrogen (secondary N) is 1. The summed E-state index contributed by atoms with van der Waals surface area (Å²) < 4.78 is 0. The quantitative estimate of drug-likeness (QED) is 0.270. The molecule has 0 saturated heterocycles. The maximum Gasteiger partial charge on any atom is 0.320 e. The monoisotopic (exact) mass is 354 g/mol. The van der Waals surface area contributed by atoms with Crippen molar-refractivity contribution in [3.63, 3.8) is 0 Å². The Morgan fingerprint density at radius 1 is 0.960 bits per heavy atom. The smallest absolute Gasteiger partial charge is 0.320 e. The number of hydrogen-bond acceptors (Lipinski definition) is 3. The van der Waals surface area contributed by atoms with E-state index in [2.05, 4.69) is 24.4 Å². The minimum absolute atomic E-state index is 0.0957. The third-order valence-corrected chi connectivity index (χ3v) is 4.25. The van der Waals surface area contributed by atoms with E-state index in [1.807, 2.05) is 0 Å². The molecule has 4 N–H and O–H groups in total. The SMILES string of the molecule is CCCCC/C=C/CCCCCCC(=O)NCCCC[C@H](N)C(=O)O. The van der Waals surface area contributed by atoms with Crippen LogP contribution in [-0.2, 0) is 9.59 Å². The minimum atomic E-state index is -0.962. The molecule has 0 rings (SSSR count). The Morgan fingerprint density at radius 2 is 1.60 bits per heavy atom. The van der Waals surface area contributed by atoms with E-state index in [1.165, 1.54) is 38.5 Å². The molecule has 0 aliphatic rings. The van der Waals surface area contributed by atoms with E-state index >= 15 is 0 Å². The van der Waals surface area contributed by atoms with E-state index in [4.69, 9.17) is 10.8 Å². The molecule has 0 aromatic rings. The number of hydrogen-bond donors (Lipinski definition) is 3. The molecule has 0 spiro atoms. The van der Waals surface area contributed by atoms with Crippen LogP contribution in [0, 0.1) is 0 Å². The van der Waals surface area contributed by atoms with Crippen LogP contribution in [0.4, 0.5) is 0 Å². The summed E-state index contributed by atoms with van der Waals surface area (Å²) in [6.07, 6.45) is 17.8. The van der Waals surface area contributed by atoms with Crippen LogP contribution in [-0.4, -0.2) is 29.6 Å². The lowest BCUT2D eigenvalue weighted by molar-refractivity contribution is -0.138. The first kappa shape index (κ1) is 23.6. The number of unbranched alkanes of at least 4 members (excludes halogenated alkanes) is 8. The normalized spacial score (nSPS) is 12.4. The molecule has 5 nitrogen and oxygen atoms in total. The van der Waals surface area contributed by atoms with Gasteiger partial charge in [0.25, 0.3) is 0 Å². The molecule has 146 valence electrons. The zero-order valence-corrected chi connectivity index (χ0v) is 16.0. The lowest BCUT2D eigenvalue weighted by atomic mass is 10.1. The van der Waals surface area contributed by atoms with Gasteiger partial charge < -0.3 is 16.2 Å². The average Bonchev–Trinajstić information content (AvgIpc) is 2.59. The van der Waals surface area contributed by atoms with Gasteiger partial charge in [0.05, 0.1) is 0 Å². The van der Waals surface area contributed by atoms with Gasteiger partial charge in [-0.25, -0.2) is 0 Å². The number of carbonyl (C=O) groups excluding carboxylic acids is 1. The van der Waals surface area contributed by atoms with Gasteiger partial charge in [0.2, 0.25) is 5.91 Å². The summed E-state index contributed by atoms with van der Waals surface area (Å²) in [6.45, 7) is 2.83. The number of nitrogens with two attached hydrogens (primary N) is 1. The summed E-state index contributed by atoms with van der Waals surface area (Å²) in [4.78, 5) is 22.2. The van der Waals surface area contributed by atoms with Crippen molar-refractivity contribution in [2.75, 3.05) is 6.54 Å². The van der Waals surface area contributed by atoms with Gasteiger partial charge in [0, 0.05) is 13.0 Å². The third-order valence-electron chi connectivity index (χ3n) is 4.25. The molecule has 1 amide bonds. The van der Waals surface area contributed by atoms with Crippen molar-refractivity contribution in [1.29, 1.82) is 0 Å². The van der Waals surface area contributed by atoms with Gasteiger partial charge in [-0.2, -0.15) is 0 Å². The summed E-state index contributed by atoms with van der Waals surface area (Å²) in [5, 5.41) is 11.5.